The van der Waals surface area contributed by atoms with Crippen LogP contribution >= 0.6 is 15.9 Å². The first-order valence-corrected chi connectivity index (χ1v) is 4.90. The number of hydrogen-bond acceptors (Lipinski definition) is 2. The molecule has 0 bridgehead atoms. The molecule has 0 saturated heterocycles. The zero-order valence-corrected chi connectivity index (χ0v) is 9.92. The molecule has 1 heterocycles. The van der Waals surface area contributed by atoms with Crippen molar-refractivity contribution in [2.24, 2.45) is 0 Å². The average molecular weight is 258 g/mol. The smallest absolute Gasteiger partial charge is 0.322 e. The van der Waals surface area contributed by atoms with Crippen molar-refractivity contribution in [3.05, 3.63) is 22.3 Å². The molecule has 5 heteroatoms. The Morgan fingerprint density at radius 2 is 2.21 bits per heavy atom. The van der Waals surface area contributed by atoms with Gasteiger partial charge in [-0.05, 0) is 34.5 Å². The van der Waals surface area contributed by atoms with E-state index in [1.807, 2.05) is 13.0 Å². The van der Waals surface area contributed by atoms with Crippen molar-refractivity contribution in [2.45, 2.75) is 6.92 Å². The maximum Gasteiger partial charge on any atom is 0.322 e. The highest BCUT2D eigenvalue weighted by Gasteiger charge is 2.05. The van der Waals surface area contributed by atoms with E-state index in [1.165, 1.54) is 4.90 Å². The lowest BCUT2D eigenvalue weighted by atomic mass is 10.3. The fourth-order valence-corrected chi connectivity index (χ4v) is 1.05. The minimum absolute atomic E-state index is 0.181. The topological polar surface area (TPSA) is 45.2 Å². The van der Waals surface area contributed by atoms with Crippen LogP contribution in [0.2, 0.25) is 0 Å². The van der Waals surface area contributed by atoms with Crippen LogP contribution in [0.1, 0.15) is 5.56 Å². The van der Waals surface area contributed by atoms with Crippen LogP contribution in [0.3, 0.4) is 0 Å². The predicted octanol–water partition coefficient (Wildman–Crippen LogP) is 2.25. The number of nitrogens with zero attached hydrogens (tertiary/aromatic N) is 2. The number of aryl methyl sites for hydroxylation is 1. The van der Waals surface area contributed by atoms with Gasteiger partial charge in [-0.15, -0.1) is 0 Å². The van der Waals surface area contributed by atoms with E-state index >= 15 is 0 Å². The molecule has 0 spiro atoms. The summed E-state index contributed by atoms with van der Waals surface area (Å²) in [6.45, 7) is 1.94. The van der Waals surface area contributed by atoms with Crippen LogP contribution in [0.25, 0.3) is 0 Å². The molecule has 0 aliphatic rings. The Bertz CT molecular complexity index is 352. The van der Waals surface area contributed by atoms with Crippen molar-refractivity contribution in [1.82, 2.24) is 9.88 Å². The number of amides is 2. The Balaban J connectivity index is 2.78. The summed E-state index contributed by atoms with van der Waals surface area (Å²) in [4.78, 5) is 16.8. The Kier molecular flexibility index (Phi) is 3.46. The molecule has 1 aromatic heterocycles. The predicted molar refractivity (Wildman–Crippen MR) is 59.4 cm³/mol. The van der Waals surface area contributed by atoms with E-state index in [-0.39, 0.29) is 6.03 Å². The van der Waals surface area contributed by atoms with Gasteiger partial charge in [0.1, 0.15) is 5.82 Å². The Hall–Kier alpha value is -1.10. The quantitative estimate of drug-likeness (QED) is 0.839. The summed E-state index contributed by atoms with van der Waals surface area (Å²) in [5.41, 5.74) is 1.04. The Morgan fingerprint density at radius 3 is 2.71 bits per heavy atom. The summed E-state index contributed by atoms with van der Waals surface area (Å²) < 4.78 is 0.931. The van der Waals surface area contributed by atoms with E-state index in [1.54, 1.807) is 20.3 Å². The Morgan fingerprint density at radius 1 is 1.57 bits per heavy atom. The standard InChI is InChI=1S/C9H12BrN3O/c1-6-4-8(11-5-7(6)10)12-9(14)13(2)3/h4-5H,1-3H3,(H,11,12,14). The number of aromatic nitrogens is 1. The van der Waals surface area contributed by atoms with E-state index in [0.29, 0.717) is 5.82 Å². The number of carbonyl (C=O) groups is 1. The highest BCUT2D eigenvalue weighted by molar-refractivity contribution is 9.10. The number of urea groups is 1. The second-order valence-electron chi connectivity index (χ2n) is 3.14. The third kappa shape index (κ3) is 2.70. The number of carbonyl (C=O) groups excluding carboxylic acids is 1. The van der Waals surface area contributed by atoms with Crippen LogP contribution in [0, 0.1) is 6.92 Å². The second kappa shape index (κ2) is 4.41. The van der Waals surface area contributed by atoms with Crippen LogP contribution < -0.4 is 5.32 Å². The van der Waals surface area contributed by atoms with Crippen LogP contribution in [-0.2, 0) is 0 Å². The first-order valence-electron chi connectivity index (χ1n) is 4.11. The molecular formula is C9H12BrN3O. The largest absolute Gasteiger partial charge is 0.331 e. The number of halogens is 1. The lowest BCUT2D eigenvalue weighted by Crippen LogP contribution is -2.27. The van der Waals surface area contributed by atoms with Crippen molar-refractivity contribution < 1.29 is 4.79 Å². The lowest BCUT2D eigenvalue weighted by Gasteiger charge is -2.11. The maximum atomic E-state index is 11.3. The number of rotatable bonds is 1. The number of nitrogens with one attached hydrogen (secondary N) is 1. The van der Waals surface area contributed by atoms with Crippen molar-refractivity contribution in [3.63, 3.8) is 0 Å². The normalized spacial score (nSPS) is 9.71. The summed E-state index contributed by atoms with van der Waals surface area (Å²) in [7, 11) is 3.36. The molecule has 0 aromatic carbocycles. The van der Waals surface area contributed by atoms with E-state index in [4.69, 9.17) is 0 Å². The summed E-state index contributed by atoms with van der Waals surface area (Å²) in [5.74, 6) is 0.560. The third-order valence-corrected chi connectivity index (χ3v) is 2.52. The zero-order valence-electron chi connectivity index (χ0n) is 8.34. The van der Waals surface area contributed by atoms with E-state index < -0.39 is 0 Å². The van der Waals surface area contributed by atoms with E-state index in [2.05, 4.69) is 26.2 Å². The van der Waals surface area contributed by atoms with Gasteiger partial charge in [0.15, 0.2) is 0 Å². The fourth-order valence-electron chi connectivity index (χ4n) is 0.829. The monoisotopic (exact) mass is 257 g/mol. The van der Waals surface area contributed by atoms with Crippen molar-refractivity contribution in [3.8, 4) is 0 Å². The Labute approximate surface area is 91.4 Å². The third-order valence-electron chi connectivity index (χ3n) is 1.69. The average Bonchev–Trinajstić information content (AvgIpc) is 2.11. The molecule has 14 heavy (non-hydrogen) atoms. The molecule has 76 valence electrons. The number of hydrogen-bond donors (Lipinski definition) is 1. The molecule has 1 N–H and O–H groups in total. The molecule has 1 rings (SSSR count). The van der Waals surface area contributed by atoms with Gasteiger partial charge in [0, 0.05) is 24.8 Å². The van der Waals surface area contributed by atoms with Crippen LogP contribution in [0.5, 0.6) is 0 Å². The summed E-state index contributed by atoms with van der Waals surface area (Å²) in [5, 5.41) is 2.66. The minimum atomic E-state index is -0.181. The lowest BCUT2D eigenvalue weighted by molar-refractivity contribution is 0.230. The van der Waals surface area contributed by atoms with Crippen molar-refractivity contribution >= 4 is 27.8 Å². The first kappa shape index (κ1) is 11.0. The highest BCUT2D eigenvalue weighted by atomic mass is 79.9. The molecule has 0 aliphatic heterocycles. The van der Waals surface area contributed by atoms with E-state index in [9.17, 15) is 4.79 Å². The molecular weight excluding hydrogens is 246 g/mol. The second-order valence-corrected chi connectivity index (χ2v) is 4.00. The SMILES string of the molecule is Cc1cc(NC(=O)N(C)C)ncc1Br. The summed E-state index contributed by atoms with van der Waals surface area (Å²) in [6, 6.07) is 1.63. The molecule has 0 aliphatic carbocycles. The van der Waals surface area contributed by atoms with Crippen molar-refractivity contribution in [1.29, 1.82) is 0 Å². The van der Waals surface area contributed by atoms with Crippen LogP contribution in [-0.4, -0.2) is 30.0 Å². The fraction of sp³-hybridized carbons (Fsp3) is 0.333. The van der Waals surface area contributed by atoms with Gasteiger partial charge in [0.2, 0.25) is 0 Å². The molecule has 0 saturated carbocycles. The maximum absolute atomic E-state index is 11.3. The van der Waals surface area contributed by atoms with Gasteiger partial charge >= 0.3 is 6.03 Å². The first-order chi connectivity index (χ1) is 6.50. The van der Waals surface area contributed by atoms with E-state index in [0.717, 1.165) is 10.0 Å². The van der Waals surface area contributed by atoms with Gasteiger partial charge in [-0.1, -0.05) is 0 Å². The molecule has 0 fully saturated rings. The zero-order chi connectivity index (χ0) is 10.7. The molecule has 0 unspecified atom stereocenters. The van der Waals surface area contributed by atoms with Gasteiger partial charge in [0.25, 0.3) is 0 Å². The molecule has 2 amide bonds. The molecule has 0 atom stereocenters. The molecule has 4 nitrogen and oxygen atoms in total. The van der Waals surface area contributed by atoms with Gasteiger partial charge in [-0.25, -0.2) is 9.78 Å². The van der Waals surface area contributed by atoms with Gasteiger partial charge in [0.05, 0.1) is 0 Å². The van der Waals surface area contributed by atoms with Crippen molar-refractivity contribution in [2.75, 3.05) is 19.4 Å². The molecule has 0 radical (unpaired) electrons. The number of anilines is 1. The highest BCUT2D eigenvalue weighted by Crippen LogP contribution is 2.17. The summed E-state index contributed by atoms with van der Waals surface area (Å²) in [6.07, 6.45) is 1.67. The van der Waals surface area contributed by atoms with Gasteiger partial charge < -0.3 is 4.90 Å². The summed E-state index contributed by atoms with van der Waals surface area (Å²) >= 11 is 3.34. The number of pyridine rings is 1. The molecule has 1 aromatic rings. The van der Waals surface area contributed by atoms with Crippen LogP contribution in [0.4, 0.5) is 10.6 Å². The van der Waals surface area contributed by atoms with Crippen LogP contribution in [0.15, 0.2) is 16.7 Å². The van der Waals surface area contributed by atoms with Gasteiger partial charge in [-0.3, -0.25) is 5.32 Å². The van der Waals surface area contributed by atoms with Gasteiger partial charge in [-0.2, -0.15) is 0 Å². The minimum Gasteiger partial charge on any atom is -0.331 e.